The summed E-state index contributed by atoms with van der Waals surface area (Å²) in [7, 11) is 4.81. The number of likely N-dealkylation sites (N-methyl/N-ethyl adjacent to an activating group) is 1. The summed E-state index contributed by atoms with van der Waals surface area (Å²) in [6, 6.07) is 3.61. The van der Waals surface area contributed by atoms with Gasteiger partial charge in [0, 0.05) is 25.2 Å². The van der Waals surface area contributed by atoms with Crippen LogP contribution < -0.4 is 10.1 Å². The molecule has 0 aliphatic carbocycles. The van der Waals surface area contributed by atoms with E-state index in [1.54, 1.807) is 13.2 Å². The largest absolute Gasteiger partial charge is 0.497 e. The van der Waals surface area contributed by atoms with Gasteiger partial charge in [0.2, 0.25) is 0 Å². The summed E-state index contributed by atoms with van der Waals surface area (Å²) in [5.74, 6) is 1.05. The summed E-state index contributed by atoms with van der Waals surface area (Å²) in [6.45, 7) is 0.783. The van der Waals surface area contributed by atoms with Crippen LogP contribution in [0.3, 0.4) is 0 Å². The fourth-order valence-corrected chi connectivity index (χ4v) is 1.92. The summed E-state index contributed by atoms with van der Waals surface area (Å²) in [6.07, 6.45) is 2.57. The van der Waals surface area contributed by atoms with E-state index in [4.69, 9.17) is 9.47 Å². The van der Waals surface area contributed by atoms with Crippen molar-refractivity contribution in [2.75, 3.05) is 27.8 Å². The number of nitrogens with one attached hydrogen (secondary N) is 1. The molecule has 2 rings (SSSR count). The van der Waals surface area contributed by atoms with Crippen molar-refractivity contribution in [3.8, 4) is 5.75 Å². The monoisotopic (exact) mass is 263 g/mol. The third-order valence-electron chi connectivity index (χ3n) is 2.90. The van der Waals surface area contributed by atoms with Crippen LogP contribution in [0.5, 0.6) is 5.75 Å². The summed E-state index contributed by atoms with van der Waals surface area (Å²) < 4.78 is 11.8. The van der Waals surface area contributed by atoms with E-state index < -0.39 is 5.97 Å². The summed E-state index contributed by atoms with van der Waals surface area (Å²) >= 11 is 0. The minimum absolute atomic E-state index is 0.313. The second kappa shape index (κ2) is 5.71. The topological polar surface area (TPSA) is 64.9 Å². The quantitative estimate of drug-likeness (QED) is 0.812. The highest BCUT2D eigenvalue weighted by molar-refractivity contribution is 5.95. The summed E-state index contributed by atoms with van der Waals surface area (Å²) in [5, 5.41) is 3.06. The first-order chi connectivity index (χ1) is 9.21. The van der Waals surface area contributed by atoms with E-state index >= 15 is 0 Å². The van der Waals surface area contributed by atoms with Gasteiger partial charge in [0.1, 0.15) is 11.6 Å². The molecule has 0 aromatic carbocycles. The number of carbonyl (C=O) groups excluding carboxylic acids is 1. The van der Waals surface area contributed by atoms with Gasteiger partial charge in [0.25, 0.3) is 0 Å². The summed E-state index contributed by atoms with van der Waals surface area (Å²) in [5.41, 5.74) is 1.00. The van der Waals surface area contributed by atoms with Gasteiger partial charge < -0.3 is 19.2 Å². The Labute approximate surface area is 111 Å². The number of nitrogens with zero attached hydrogens (tertiary/aromatic N) is 2. The van der Waals surface area contributed by atoms with Crippen molar-refractivity contribution >= 4 is 11.5 Å². The van der Waals surface area contributed by atoms with Crippen LogP contribution in [0.1, 0.15) is 16.3 Å². The highest BCUT2D eigenvalue weighted by Crippen LogP contribution is 2.20. The standard InChI is InChI=1S/C13H17N3O3/c1-14-6-4-11-15-12(13(17)19-3)10-8-9(18-2)5-7-16(10)11/h5,7-8,14H,4,6H2,1-3H3. The lowest BCUT2D eigenvalue weighted by molar-refractivity contribution is 0.0597. The van der Waals surface area contributed by atoms with Crippen LogP contribution in [0, 0.1) is 0 Å². The predicted octanol–water partition coefficient (Wildman–Crippen LogP) is 0.891. The lowest BCUT2D eigenvalue weighted by Gasteiger charge is -2.03. The fraction of sp³-hybridized carbons (Fsp3) is 0.385. The lowest BCUT2D eigenvalue weighted by Crippen LogP contribution is -2.12. The van der Waals surface area contributed by atoms with Crippen LogP contribution in [-0.2, 0) is 11.2 Å². The molecule has 0 saturated carbocycles. The molecule has 102 valence electrons. The average Bonchev–Trinajstić information content (AvgIpc) is 2.82. The first-order valence-corrected chi connectivity index (χ1v) is 5.99. The maximum atomic E-state index is 11.8. The minimum Gasteiger partial charge on any atom is -0.497 e. The van der Waals surface area contributed by atoms with E-state index in [1.165, 1.54) is 7.11 Å². The Balaban J connectivity index is 2.55. The molecule has 0 atom stereocenters. The van der Waals surface area contributed by atoms with E-state index in [0.29, 0.717) is 17.0 Å². The van der Waals surface area contributed by atoms with Gasteiger partial charge in [0.05, 0.1) is 19.7 Å². The maximum absolute atomic E-state index is 11.8. The highest BCUT2D eigenvalue weighted by Gasteiger charge is 2.18. The molecule has 0 unspecified atom stereocenters. The zero-order valence-electron chi connectivity index (χ0n) is 11.3. The number of esters is 1. The Morgan fingerprint density at radius 1 is 1.47 bits per heavy atom. The third kappa shape index (κ3) is 2.53. The van der Waals surface area contributed by atoms with Crippen molar-refractivity contribution in [1.82, 2.24) is 14.7 Å². The number of hydrogen-bond acceptors (Lipinski definition) is 5. The molecule has 0 bridgehead atoms. The number of hydrogen-bond donors (Lipinski definition) is 1. The van der Waals surface area contributed by atoms with E-state index in [9.17, 15) is 4.79 Å². The number of fused-ring (bicyclic) bond motifs is 1. The summed E-state index contributed by atoms with van der Waals surface area (Å²) in [4.78, 5) is 16.1. The molecular weight excluding hydrogens is 246 g/mol. The van der Waals surface area contributed by atoms with Crippen molar-refractivity contribution in [3.63, 3.8) is 0 Å². The number of ether oxygens (including phenoxy) is 2. The zero-order chi connectivity index (χ0) is 13.8. The third-order valence-corrected chi connectivity index (χ3v) is 2.90. The molecule has 0 aliphatic heterocycles. The van der Waals surface area contributed by atoms with Gasteiger partial charge in [0.15, 0.2) is 5.69 Å². The van der Waals surface area contributed by atoms with Gasteiger partial charge in [-0.2, -0.15) is 0 Å². The van der Waals surface area contributed by atoms with Gasteiger partial charge in [-0.3, -0.25) is 0 Å². The van der Waals surface area contributed by atoms with Crippen molar-refractivity contribution < 1.29 is 14.3 Å². The molecule has 19 heavy (non-hydrogen) atoms. The van der Waals surface area contributed by atoms with Gasteiger partial charge in [-0.05, 0) is 13.1 Å². The van der Waals surface area contributed by atoms with Crippen LogP contribution in [0.4, 0.5) is 0 Å². The molecule has 0 amide bonds. The Morgan fingerprint density at radius 3 is 2.89 bits per heavy atom. The molecule has 2 aromatic heterocycles. The highest BCUT2D eigenvalue weighted by atomic mass is 16.5. The molecule has 0 fully saturated rings. The molecule has 6 heteroatoms. The van der Waals surface area contributed by atoms with Crippen LogP contribution >= 0.6 is 0 Å². The molecule has 0 radical (unpaired) electrons. The van der Waals surface area contributed by atoms with E-state index in [1.807, 2.05) is 23.7 Å². The number of methoxy groups -OCH3 is 2. The zero-order valence-corrected chi connectivity index (χ0v) is 11.3. The average molecular weight is 263 g/mol. The Bertz CT molecular complexity index is 592. The first kappa shape index (κ1) is 13.4. The fourth-order valence-electron chi connectivity index (χ4n) is 1.92. The van der Waals surface area contributed by atoms with Gasteiger partial charge in [-0.1, -0.05) is 0 Å². The first-order valence-electron chi connectivity index (χ1n) is 5.99. The normalized spacial score (nSPS) is 10.7. The Hall–Kier alpha value is -2.08. The van der Waals surface area contributed by atoms with Crippen LogP contribution in [0.25, 0.3) is 5.52 Å². The molecule has 6 nitrogen and oxygen atoms in total. The number of pyridine rings is 1. The van der Waals surface area contributed by atoms with Gasteiger partial charge >= 0.3 is 5.97 Å². The van der Waals surface area contributed by atoms with Gasteiger partial charge in [-0.25, -0.2) is 9.78 Å². The van der Waals surface area contributed by atoms with Crippen LogP contribution in [-0.4, -0.2) is 43.2 Å². The number of aromatic nitrogens is 2. The second-order valence-corrected chi connectivity index (χ2v) is 4.04. The molecule has 0 aliphatic rings. The van der Waals surface area contributed by atoms with Gasteiger partial charge in [-0.15, -0.1) is 0 Å². The van der Waals surface area contributed by atoms with Crippen LogP contribution in [0.2, 0.25) is 0 Å². The van der Waals surface area contributed by atoms with Crippen molar-refractivity contribution in [2.24, 2.45) is 0 Å². The molecule has 1 N–H and O–H groups in total. The lowest BCUT2D eigenvalue weighted by atomic mass is 10.3. The Morgan fingerprint density at radius 2 is 2.26 bits per heavy atom. The molecule has 0 saturated heterocycles. The molecule has 2 heterocycles. The Kier molecular flexibility index (Phi) is 4.01. The van der Waals surface area contributed by atoms with Crippen molar-refractivity contribution in [1.29, 1.82) is 0 Å². The predicted molar refractivity (Wildman–Crippen MR) is 70.7 cm³/mol. The second-order valence-electron chi connectivity index (χ2n) is 4.04. The van der Waals surface area contributed by atoms with Crippen LogP contribution in [0.15, 0.2) is 18.3 Å². The smallest absolute Gasteiger partial charge is 0.358 e. The van der Waals surface area contributed by atoms with E-state index in [0.717, 1.165) is 18.8 Å². The van der Waals surface area contributed by atoms with E-state index in [-0.39, 0.29) is 0 Å². The maximum Gasteiger partial charge on any atom is 0.358 e. The van der Waals surface area contributed by atoms with Crippen molar-refractivity contribution in [2.45, 2.75) is 6.42 Å². The number of imidazole rings is 1. The molecular formula is C13H17N3O3. The van der Waals surface area contributed by atoms with E-state index in [2.05, 4.69) is 10.3 Å². The SMILES string of the molecule is CNCCc1nc(C(=O)OC)c2cc(OC)ccn12. The minimum atomic E-state index is -0.443. The number of carbonyl (C=O) groups is 1. The van der Waals surface area contributed by atoms with Crippen molar-refractivity contribution in [3.05, 3.63) is 29.8 Å². The molecule has 2 aromatic rings. The number of rotatable bonds is 5. The molecule has 0 spiro atoms.